The number of nitrogens with one attached hydrogen (secondary N) is 1. The Bertz CT molecular complexity index is 1570. The van der Waals surface area contributed by atoms with Crippen LogP contribution in [0.5, 0.6) is 0 Å². The molecule has 0 aromatic carbocycles. The quantitative estimate of drug-likeness (QED) is 0.289. The Labute approximate surface area is 222 Å². The van der Waals surface area contributed by atoms with Crippen molar-refractivity contribution in [1.29, 1.82) is 0 Å². The maximum absolute atomic E-state index is 12.4. The molecule has 2 rings (SSSR count). The lowest BCUT2D eigenvalue weighted by Gasteiger charge is -2.17. The lowest BCUT2D eigenvalue weighted by molar-refractivity contribution is -0.140. The lowest BCUT2D eigenvalue weighted by Crippen LogP contribution is -2.40. The molecular formula is C31H19N3O4. The molecule has 7 nitrogen and oxygen atoms in total. The van der Waals surface area contributed by atoms with Crippen LogP contribution < -0.4 is 5.32 Å². The largest absolute Gasteiger partial charge is 0.313 e. The van der Waals surface area contributed by atoms with Crippen molar-refractivity contribution in [1.82, 2.24) is 15.1 Å². The molecule has 0 saturated carbocycles. The van der Waals surface area contributed by atoms with E-state index < -0.39 is 5.92 Å². The van der Waals surface area contributed by atoms with Crippen LogP contribution >= 0.6 is 0 Å². The van der Waals surface area contributed by atoms with Gasteiger partial charge in [-0.2, -0.15) is 0 Å². The van der Waals surface area contributed by atoms with Gasteiger partial charge in [-0.15, -0.1) is 6.42 Å². The second-order valence-corrected chi connectivity index (χ2v) is 7.54. The van der Waals surface area contributed by atoms with E-state index in [2.05, 4.69) is 106 Å². The molecule has 4 amide bonds. The maximum Gasteiger partial charge on any atom is 0.244 e. The molecule has 2 aliphatic rings. The molecule has 2 heterocycles. The minimum atomic E-state index is -0.753. The van der Waals surface area contributed by atoms with Crippen LogP contribution in [-0.2, 0) is 19.2 Å². The van der Waals surface area contributed by atoms with Gasteiger partial charge in [0, 0.05) is 44.9 Å². The van der Waals surface area contributed by atoms with Crippen molar-refractivity contribution >= 4 is 23.6 Å². The first kappa shape index (κ1) is 28.5. The summed E-state index contributed by atoms with van der Waals surface area (Å²) in [7, 11) is 0. The third-order valence-electron chi connectivity index (χ3n) is 4.93. The van der Waals surface area contributed by atoms with Crippen LogP contribution in [0.1, 0.15) is 19.8 Å². The number of rotatable bonds is 6. The fourth-order valence-corrected chi connectivity index (χ4v) is 3.19. The second-order valence-electron chi connectivity index (χ2n) is 7.54. The normalized spacial score (nSPS) is 16.3. The summed E-state index contributed by atoms with van der Waals surface area (Å²) in [6, 6.07) is 0. The summed E-state index contributed by atoms with van der Waals surface area (Å²) in [5, 5.41) is 3.05. The minimum Gasteiger partial charge on any atom is -0.313 e. The van der Waals surface area contributed by atoms with Gasteiger partial charge in [-0.25, -0.2) is 0 Å². The van der Waals surface area contributed by atoms with E-state index in [1.807, 2.05) is 0 Å². The first-order valence-corrected chi connectivity index (χ1v) is 11.3. The van der Waals surface area contributed by atoms with Crippen LogP contribution in [-0.4, -0.2) is 59.6 Å². The molecule has 7 heteroatoms. The number of hydrogen-bond acceptors (Lipinski definition) is 5. The number of terminal acetylenes is 1. The van der Waals surface area contributed by atoms with Crippen molar-refractivity contribution in [3.63, 3.8) is 0 Å². The smallest absolute Gasteiger partial charge is 0.244 e. The van der Waals surface area contributed by atoms with Crippen LogP contribution in [0.4, 0.5) is 0 Å². The van der Waals surface area contributed by atoms with Gasteiger partial charge < -0.3 is 5.32 Å². The van der Waals surface area contributed by atoms with Gasteiger partial charge in [0.05, 0.1) is 0 Å². The Kier molecular flexibility index (Phi) is 12.0. The lowest BCUT2D eigenvalue weighted by atomic mass is 10.1. The summed E-state index contributed by atoms with van der Waals surface area (Å²) in [6.45, 7) is 2.88. The number of carbonyl (C=O) groups excluding carboxylic acids is 4. The van der Waals surface area contributed by atoms with Gasteiger partial charge >= 0.3 is 0 Å². The average Bonchev–Trinajstić information content (AvgIpc) is 3.30. The zero-order chi connectivity index (χ0) is 27.6. The maximum atomic E-state index is 12.4. The van der Waals surface area contributed by atoms with Crippen molar-refractivity contribution in [3.8, 4) is 107 Å². The van der Waals surface area contributed by atoms with E-state index in [0.29, 0.717) is 13.1 Å². The van der Waals surface area contributed by atoms with Crippen LogP contribution in [0.3, 0.4) is 0 Å². The molecule has 1 N–H and O–H groups in total. The van der Waals surface area contributed by atoms with Crippen molar-refractivity contribution in [2.75, 3.05) is 26.2 Å². The van der Waals surface area contributed by atoms with E-state index in [4.69, 9.17) is 6.42 Å². The Morgan fingerprint density at radius 1 is 0.658 bits per heavy atom. The van der Waals surface area contributed by atoms with Crippen LogP contribution in [0.15, 0.2) is 0 Å². The molecule has 0 spiro atoms. The average molecular weight is 498 g/mol. The zero-order valence-electron chi connectivity index (χ0n) is 20.5. The summed E-state index contributed by atoms with van der Waals surface area (Å²) < 4.78 is 0. The number of imide groups is 2. The number of carbonyl (C=O) groups is 4. The highest BCUT2D eigenvalue weighted by Crippen LogP contribution is 2.19. The fraction of sp³-hybridized carbons (Fsp3) is 0.290. The van der Waals surface area contributed by atoms with Crippen molar-refractivity contribution in [2.24, 2.45) is 11.8 Å². The summed E-state index contributed by atoms with van der Waals surface area (Å²) in [6.07, 6.45) is 5.16. The second kappa shape index (κ2) is 16.0. The molecule has 0 aromatic rings. The standard InChI is InChI=1S/C31H19N3O4/c1-3-4-5-6-7-8-9-10-11-12-13-14-15-16-17-18-19-27-25-29(36)34(31(27)38)23-21-32-20-22-33-28(35)24-26(2)30(33)37/h1,26-27,32H,20-25H2,2H3. The van der Waals surface area contributed by atoms with Gasteiger partial charge in [0.1, 0.15) is 5.92 Å². The number of nitrogens with zero attached hydrogens (tertiary/aromatic N) is 2. The molecule has 2 atom stereocenters. The Morgan fingerprint density at radius 3 is 1.53 bits per heavy atom. The predicted molar refractivity (Wildman–Crippen MR) is 139 cm³/mol. The van der Waals surface area contributed by atoms with Gasteiger partial charge in [0.2, 0.25) is 23.6 Å². The highest BCUT2D eigenvalue weighted by molar-refractivity contribution is 6.05. The van der Waals surface area contributed by atoms with Crippen molar-refractivity contribution in [3.05, 3.63) is 0 Å². The number of hydrogen-bond donors (Lipinski definition) is 1. The van der Waals surface area contributed by atoms with Crippen molar-refractivity contribution < 1.29 is 19.2 Å². The highest BCUT2D eigenvalue weighted by atomic mass is 16.2. The summed E-state index contributed by atoms with van der Waals surface area (Å²) in [4.78, 5) is 50.7. The van der Waals surface area contributed by atoms with Crippen molar-refractivity contribution in [2.45, 2.75) is 19.8 Å². The van der Waals surface area contributed by atoms with E-state index in [-0.39, 0.29) is 55.5 Å². The first-order chi connectivity index (χ1) is 18.5. The molecular weight excluding hydrogens is 478 g/mol. The molecule has 0 aliphatic carbocycles. The fourth-order valence-electron chi connectivity index (χ4n) is 3.19. The van der Waals surface area contributed by atoms with Gasteiger partial charge in [0.15, 0.2) is 0 Å². The summed E-state index contributed by atoms with van der Waals surface area (Å²) in [5.41, 5.74) is 0. The van der Waals surface area contributed by atoms with E-state index in [1.165, 1.54) is 4.90 Å². The third kappa shape index (κ3) is 9.50. The number of likely N-dealkylation sites (tertiary alicyclic amines) is 2. The van der Waals surface area contributed by atoms with Crippen LogP contribution in [0.25, 0.3) is 0 Å². The molecule has 0 aromatic heterocycles. The predicted octanol–water partition coefficient (Wildman–Crippen LogP) is -0.993. The third-order valence-corrected chi connectivity index (χ3v) is 4.93. The minimum absolute atomic E-state index is 0.00914. The monoisotopic (exact) mass is 497 g/mol. The Hall–Kier alpha value is -5.72. The van der Waals surface area contributed by atoms with E-state index in [0.717, 1.165) is 4.90 Å². The van der Waals surface area contributed by atoms with Crippen LogP contribution in [0, 0.1) is 119 Å². The molecule has 2 aliphatic heterocycles. The SMILES string of the molecule is C#CC#CC#CC#CC#CC#CC#CC#CC#CC1CC(=O)N(CCNCCN2C(=O)CC(C)C2=O)C1=O. The molecule has 0 radical (unpaired) electrons. The van der Waals surface area contributed by atoms with Gasteiger partial charge in [-0.3, -0.25) is 29.0 Å². The van der Waals surface area contributed by atoms with Crippen LogP contribution in [0.2, 0.25) is 0 Å². The van der Waals surface area contributed by atoms with E-state index in [1.54, 1.807) is 6.92 Å². The van der Waals surface area contributed by atoms with E-state index >= 15 is 0 Å². The summed E-state index contributed by atoms with van der Waals surface area (Å²) in [5.74, 6) is 39.6. The Morgan fingerprint density at radius 2 is 1.08 bits per heavy atom. The van der Waals surface area contributed by atoms with Gasteiger partial charge in [-0.1, -0.05) is 12.8 Å². The van der Waals surface area contributed by atoms with E-state index in [9.17, 15) is 19.2 Å². The van der Waals surface area contributed by atoms with Gasteiger partial charge in [-0.05, 0) is 94.7 Å². The molecule has 2 saturated heterocycles. The molecule has 0 bridgehead atoms. The zero-order valence-corrected chi connectivity index (χ0v) is 20.5. The summed E-state index contributed by atoms with van der Waals surface area (Å²) >= 11 is 0. The number of amides is 4. The molecule has 2 fully saturated rings. The first-order valence-electron chi connectivity index (χ1n) is 11.3. The molecule has 182 valence electrons. The molecule has 38 heavy (non-hydrogen) atoms. The molecule has 2 unspecified atom stereocenters. The van der Waals surface area contributed by atoms with Gasteiger partial charge in [0.25, 0.3) is 0 Å². The Balaban J connectivity index is 1.73. The topological polar surface area (TPSA) is 86.8 Å². The highest BCUT2D eigenvalue weighted by Gasteiger charge is 2.37.